The fourth-order valence-corrected chi connectivity index (χ4v) is 1.81. The second-order valence-corrected chi connectivity index (χ2v) is 4.08. The highest BCUT2D eigenvalue weighted by Crippen LogP contribution is 2.22. The highest BCUT2D eigenvalue weighted by molar-refractivity contribution is 5.89. The van der Waals surface area contributed by atoms with Crippen LogP contribution in [0.4, 0.5) is 5.69 Å². The van der Waals surface area contributed by atoms with Gasteiger partial charge in [0.05, 0.1) is 29.6 Å². The van der Waals surface area contributed by atoms with E-state index in [9.17, 15) is 4.79 Å². The first kappa shape index (κ1) is 12.7. The lowest BCUT2D eigenvalue weighted by Crippen LogP contribution is -2.17. The Labute approximate surface area is 110 Å². The second-order valence-electron chi connectivity index (χ2n) is 4.08. The van der Waals surface area contributed by atoms with Gasteiger partial charge in [0.2, 0.25) is 0 Å². The molecular formula is C14H12N2O3. The van der Waals surface area contributed by atoms with Crippen LogP contribution in [0, 0.1) is 11.3 Å². The highest BCUT2D eigenvalue weighted by atomic mass is 16.4. The minimum Gasteiger partial charge on any atom is -0.478 e. The summed E-state index contributed by atoms with van der Waals surface area (Å²) in [5, 5.41) is 18.0. The lowest BCUT2D eigenvalue weighted by Gasteiger charge is -2.19. The minimum atomic E-state index is -1.04. The number of hydrogen-bond donors (Lipinski definition) is 1. The van der Waals surface area contributed by atoms with E-state index in [0.717, 1.165) is 5.76 Å². The zero-order valence-electron chi connectivity index (χ0n) is 10.3. The van der Waals surface area contributed by atoms with Crippen molar-refractivity contribution in [2.24, 2.45) is 0 Å². The Kier molecular flexibility index (Phi) is 3.53. The maximum atomic E-state index is 10.9. The van der Waals surface area contributed by atoms with Crippen LogP contribution in [-0.4, -0.2) is 18.1 Å². The molecule has 96 valence electrons. The van der Waals surface area contributed by atoms with Crippen molar-refractivity contribution in [2.45, 2.75) is 6.54 Å². The summed E-state index contributed by atoms with van der Waals surface area (Å²) in [6.45, 7) is 0.508. The van der Waals surface area contributed by atoms with E-state index in [1.54, 1.807) is 18.4 Å². The summed E-state index contributed by atoms with van der Waals surface area (Å²) in [4.78, 5) is 12.7. The van der Waals surface area contributed by atoms with Gasteiger partial charge in [-0.05, 0) is 30.3 Å². The molecule has 0 saturated heterocycles. The van der Waals surface area contributed by atoms with Crippen LogP contribution in [0.2, 0.25) is 0 Å². The fourth-order valence-electron chi connectivity index (χ4n) is 1.81. The van der Waals surface area contributed by atoms with Crippen LogP contribution >= 0.6 is 0 Å². The summed E-state index contributed by atoms with van der Waals surface area (Å²) in [6.07, 6.45) is 1.59. The van der Waals surface area contributed by atoms with Crippen molar-refractivity contribution in [3.63, 3.8) is 0 Å². The van der Waals surface area contributed by atoms with Gasteiger partial charge in [0.15, 0.2) is 0 Å². The molecule has 0 amide bonds. The van der Waals surface area contributed by atoms with Crippen LogP contribution in [0.25, 0.3) is 0 Å². The van der Waals surface area contributed by atoms with E-state index in [4.69, 9.17) is 14.8 Å². The molecule has 2 aromatic rings. The Morgan fingerprint density at radius 3 is 2.84 bits per heavy atom. The lowest BCUT2D eigenvalue weighted by molar-refractivity contribution is 0.0697. The monoisotopic (exact) mass is 256 g/mol. The second kappa shape index (κ2) is 5.27. The Balaban J connectivity index is 2.29. The Morgan fingerprint density at radius 2 is 2.26 bits per heavy atom. The summed E-state index contributed by atoms with van der Waals surface area (Å²) in [5.74, 6) is -0.273. The first-order valence-electron chi connectivity index (χ1n) is 5.63. The summed E-state index contributed by atoms with van der Waals surface area (Å²) < 4.78 is 5.24. The van der Waals surface area contributed by atoms with Crippen LogP contribution in [-0.2, 0) is 6.54 Å². The number of benzene rings is 1. The quantitative estimate of drug-likeness (QED) is 0.909. The third-order valence-corrected chi connectivity index (χ3v) is 2.75. The largest absolute Gasteiger partial charge is 0.478 e. The van der Waals surface area contributed by atoms with E-state index in [2.05, 4.69) is 0 Å². The van der Waals surface area contributed by atoms with Crippen LogP contribution in [0.3, 0.4) is 0 Å². The Morgan fingerprint density at radius 1 is 1.47 bits per heavy atom. The Bertz CT molecular complexity index is 627. The van der Waals surface area contributed by atoms with Crippen LogP contribution < -0.4 is 4.90 Å². The van der Waals surface area contributed by atoms with Gasteiger partial charge in [-0.25, -0.2) is 4.79 Å². The molecule has 1 aromatic carbocycles. The van der Waals surface area contributed by atoms with Crippen molar-refractivity contribution < 1.29 is 14.3 Å². The van der Waals surface area contributed by atoms with E-state index in [1.807, 2.05) is 24.1 Å². The smallest absolute Gasteiger partial charge is 0.335 e. The highest BCUT2D eigenvalue weighted by Gasteiger charge is 2.12. The fraction of sp³-hybridized carbons (Fsp3) is 0.143. The van der Waals surface area contributed by atoms with E-state index < -0.39 is 5.97 Å². The van der Waals surface area contributed by atoms with Gasteiger partial charge < -0.3 is 14.4 Å². The molecule has 2 rings (SSSR count). The van der Waals surface area contributed by atoms with E-state index in [0.29, 0.717) is 17.8 Å². The number of nitriles is 1. The number of carboxylic acids is 1. The van der Waals surface area contributed by atoms with Crippen LogP contribution in [0.15, 0.2) is 41.0 Å². The first-order valence-corrected chi connectivity index (χ1v) is 5.63. The van der Waals surface area contributed by atoms with Gasteiger partial charge in [-0.2, -0.15) is 5.26 Å². The molecule has 0 atom stereocenters. The zero-order chi connectivity index (χ0) is 13.8. The van der Waals surface area contributed by atoms with E-state index in [1.165, 1.54) is 12.1 Å². The molecule has 0 aliphatic heterocycles. The third kappa shape index (κ3) is 2.75. The average molecular weight is 256 g/mol. The molecule has 0 spiro atoms. The normalized spacial score (nSPS) is 9.89. The average Bonchev–Trinajstić information content (AvgIpc) is 2.90. The van der Waals surface area contributed by atoms with Crippen molar-refractivity contribution in [3.05, 3.63) is 53.5 Å². The van der Waals surface area contributed by atoms with Crippen molar-refractivity contribution in [1.82, 2.24) is 0 Å². The molecular weight excluding hydrogens is 244 g/mol. The molecule has 0 aliphatic rings. The molecule has 19 heavy (non-hydrogen) atoms. The molecule has 1 N–H and O–H groups in total. The number of nitrogens with zero attached hydrogens (tertiary/aromatic N) is 2. The van der Waals surface area contributed by atoms with Crippen molar-refractivity contribution in [1.29, 1.82) is 5.26 Å². The molecule has 1 heterocycles. The zero-order valence-corrected chi connectivity index (χ0v) is 10.3. The lowest BCUT2D eigenvalue weighted by atomic mass is 10.1. The number of carbonyl (C=O) groups is 1. The van der Waals surface area contributed by atoms with E-state index >= 15 is 0 Å². The van der Waals surface area contributed by atoms with Crippen LogP contribution in [0.5, 0.6) is 0 Å². The predicted octanol–water partition coefficient (Wildman–Crippen LogP) is 2.49. The molecule has 0 unspecified atom stereocenters. The molecule has 0 fully saturated rings. The summed E-state index contributed by atoms with van der Waals surface area (Å²) in [5.41, 5.74) is 1.10. The molecule has 0 radical (unpaired) electrons. The van der Waals surface area contributed by atoms with Crippen molar-refractivity contribution >= 4 is 11.7 Å². The molecule has 5 nitrogen and oxygen atoms in total. The SMILES string of the molecule is CN(Cc1ccco1)c1ccc(C(=O)O)cc1C#N. The summed E-state index contributed by atoms with van der Waals surface area (Å²) in [6, 6.07) is 10.1. The number of carboxylic acid groups (broad SMARTS) is 1. The number of anilines is 1. The third-order valence-electron chi connectivity index (χ3n) is 2.75. The number of aromatic carboxylic acids is 1. The van der Waals surface area contributed by atoms with Gasteiger partial charge in [-0.15, -0.1) is 0 Å². The summed E-state index contributed by atoms with van der Waals surface area (Å²) >= 11 is 0. The standard InChI is InChI=1S/C14H12N2O3/c1-16(9-12-3-2-6-19-12)13-5-4-10(14(17)18)7-11(13)8-15/h2-7H,9H2,1H3,(H,17,18). The molecule has 1 aromatic heterocycles. The predicted molar refractivity (Wildman–Crippen MR) is 68.9 cm³/mol. The summed E-state index contributed by atoms with van der Waals surface area (Å²) in [7, 11) is 1.82. The minimum absolute atomic E-state index is 0.103. The molecule has 5 heteroatoms. The van der Waals surface area contributed by atoms with Gasteiger partial charge in [-0.1, -0.05) is 0 Å². The van der Waals surface area contributed by atoms with Gasteiger partial charge in [-0.3, -0.25) is 0 Å². The van der Waals surface area contributed by atoms with E-state index in [-0.39, 0.29) is 5.56 Å². The van der Waals surface area contributed by atoms with Gasteiger partial charge >= 0.3 is 5.97 Å². The van der Waals surface area contributed by atoms with Crippen LogP contribution in [0.1, 0.15) is 21.7 Å². The molecule has 0 saturated carbocycles. The number of furan rings is 1. The van der Waals surface area contributed by atoms with Gasteiger partial charge in [0.25, 0.3) is 0 Å². The Hall–Kier alpha value is -2.74. The molecule has 0 aliphatic carbocycles. The number of hydrogen-bond acceptors (Lipinski definition) is 4. The number of rotatable bonds is 4. The van der Waals surface area contributed by atoms with Gasteiger partial charge in [0.1, 0.15) is 11.8 Å². The topological polar surface area (TPSA) is 77.5 Å². The van der Waals surface area contributed by atoms with Crippen molar-refractivity contribution in [3.8, 4) is 6.07 Å². The maximum Gasteiger partial charge on any atom is 0.335 e. The van der Waals surface area contributed by atoms with Crippen molar-refractivity contribution in [2.75, 3.05) is 11.9 Å². The molecule has 0 bridgehead atoms. The first-order chi connectivity index (χ1) is 9.11. The van der Waals surface area contributed by atoms with Gasteiger partial charge in [0, 0.05) is 7.05 Å². The maximum absolute atomic E-state index is 10.9.